The summed E-state index contributed by atoms with van der Waals surface area (Å²) in [4.78, 5) is 13.9. The molecule has 4 N–H and O–H groups in total. The average molecular weight is 490 g/mol. The highest BCUT2D eigenvalue weighted by atomic mass is 19.1. The minimum absolute atomic E-state index is 0.0451. The number of fused-ring (bicyclic) bond motifs is 1. The molecule has 7 nitrogen and oxygen atoms in total. The molecule has 1 atom stereocenters. The molecule has 0 bridgehead atoms. The Morgan fingerprint density at radius 3 is 2.42 bits per heavy atom. The molecule has 2 aliphatic rings. The van der Waals surface area contributed by atoms with Crippen LogP contribution in [0.15, 0.2) is 48.7 Å². The van der Waals surface area contributed by atoms with E-state index in [1.54, 1.807) is 29.0 Å². The van der Waals surface area contributed by atoms with Crippen LogP contribution in [0, 0.1) is 11.6 Å². The lowest BCUT2D eigenvalue weighted by Gasteiger charge is -2.32. The molecule has 2 aromatic carbocycles. The van der Waals surface area contributed by atoms with Crippen molar-refractivity contribution in [2.75, 3.05) is 41.7 Å². The zero-order valence-corrected chi connectivity index (χ0v) is 20.0. The number of piperidine rings is 1. The monoisotopic (exact) mass is 489 g/mol. The molecule has 2 aliphatic heterocycles. The first-order chi connectivity index (χ1) is 17.5. The Hall–Kier alpha value is -3.72. The molecule has 2 aromatic heterocycles. The number of nitrogens with zero attached hydrogens (tertiary/aromatic N) is 5. The molecule has 0 spiro atoms. The summed E-state index contributed by atoms with van der Waals surface area (Å²) in [5.74, 6) is -0.535. The van der Waals surface area contributed by atoms with Gasteiger partial charge in [-0.3, -0.25) is 4.57 Å². The summed E-state index contributed by atoms with van der Waals surface area (Å²) in [7, 11) is 0. The lowest BCUT2D eigenvalue weighted by molar-refractivity contribution is 0.507. The molecule has 36 heavy (non-hydrogen) atoms. The van der Waals surface area contributed by atoms with Crippen LogP contribution in [0.2, 0.25) is 0 Å². The molecule has 2 saturated heterocycles. The number of anilines is 3. The van der Waals surface area contributed by atoms with Crippen molar-refractivity contribution < 1.29 is 8.78 Å². The number of nitrogen functional groups attached to an aromatic ring is 1. The second-order valence-electron chi connectivity index (χ2n) is 9.69. The molecular weight excluding hydrogens is 460 g/mol. The van der Waals surface area contributed by atoms with Crippen LogP contribution < -0.4 is 21.3 Å². The second-order valence-corrected chi connectivity index (χ2v) is 9.69. The number of rotatable bonds is 4. The quantitative estimate of drug-likeness (QED) is 0.411. The number of benzene rings is 2. The van der Waals surface area contributed by atoms with Gasteiger partial charge in [-0.25, -0.2) is 18.7 Å². The van der Waals surface area contributed by atoms with Crippen molar-refractivity contribution in [3.05, 3.63) is 60.3 Å². The average Bonchev–Trinajstić information content (AvgIpc) is 3.54. The van der Waals surface area contributed by atoms with E-state index in [0.29, 0.717) is 34.8 Å². The zero-order valence-electron chi connectivity index (χ0n) is 20.0. The molecule has 0 saturated carbocycles. The summed E-state index contributed by atoms with van der Waals surface area (Å²) in [5, 5.41) is 0. The van der Waals surface area contributed by atoms with Gasteiger partial charge in [0, 0.05) is 49.7 Å². The van der Waals surface area contributed by atoms with Crippen LogP contribution in [0.3, 0.4) is 0 Å². The van der Waals surface area contributed by atoms with E-state index in [4.69, 9.17) is 16.5 Å². The van der Waals surface area contributed by atoms with Crippen LogP contribution >= 0.6 is 0 Å². The Morgan fingerprint density at radius 1 is 0.861 bits per heavy atom. The summed E-state index contributed by atoms with van der Waals surface area (Å²) < 4.78 is 31.9. The smallest absolute Gasteiger partial charge is 0.167 e. The first kappa shape index (κ1) is 22.7. The van der Waals surface area contributed by atoms with E-state index in [2.05, 4.69) is 14.8 Å². The summed E-state index contributed by atoms with van der Waals surface area (Å²) in [6, 6.07) is 11.8. The lowest BCUT2D eigenvalue weighted by Crippen LogP contribution is -2.42. The maximum atomic E-state index is 15.7. The van der Waals surface area contributed by atoms with Crippen LogP contribution in [-0.4, -0.2) is 46.8 Å². The third-order valence-corrected chi connectivity index (χ3v) is 7.23. The SMILES string of the molecule is Nc1ccc(-c2nc3c(N4CCC[C@H](N)C4)ccnc3n2-c2ccc(N3CCCC3)cc2F)cc1F. The summed E-state index contributed by atoms with van der Waals surface area (Å²) in [6.07, 6.45) is 5.88. The van der Waals surface area contributed by atoms with Crippen LogP contribution in [0.5, 0.6) is 0 Å². The molecule has 0 amide bonds. The molecule has 4 heterocycles. The van der Waals surface area contributed by atoms with Gasteiger partial charge in [-0.05, 0) is 68.1 Å². The first-order valence-electron chi connectivity index (χ1n) is 12.5. The highest BCUT2D eigenvalue weighted by Gasteiger charge is 2.25. The van der Waals surface area contributed by atoms with E-state index in [9.17, 15) is 4.39 Å². The fraction of sp³-hybridized carbons (Fsp3) is 0.333. The highest BCUT2D eigenvalue weighted by Crippen LogP contribution is 2.35. The van der Waals surface area contributed by atoms with Crippen LogP contribution in [-0.2, 0) is 0 Å². The number of halogens is 2. The van der Waals surface area contributed by atoms with Crippen molar-refractivity contribution in [3.8, 4) is 17.1 Å². The highest BCUT2D eigenvalue weighted by molar-refractivity contribution is 5.91. The molecule has 2 fully saturated rings. The number of aromatic nitrogens is 3. The van der Waals surface area contributed by atoms with E-state index < -0.39 is 5.82 Å². The molecular formula is C27H29F2N7. The summed E-state index contributed by atoms with van der Waals surface area (Å²) in [6.45, 7) is 3.40. The Kier molecular flexibility index (Phi) is 5.72. The van der Waals surface area contributed by atoms with Crippen LogP contribution in [0.1, 0.15) is 25.7 Å². The van der Waals surface area contributed by atoms with Gasteiger partial charge < -0.3 is 21.3 Å². The molecule has 4 aromatic rings. The molecule has 0 aliphatic carbocycles. The third-order valence-electron chi connectivity index (χ3n) is 7.23. The standard InChI is InChI=1S/C27H29F2N7/c28-20-14-17(5-7-22(20)31)26-33-25-24(35-13-3-4-18(30)16-35)9-10-32-27(25)36(26)23-8-6-19(15-21(23)29)34-11-1-2-12-34/h5-10,14-15,18H,1-4,11-13,16,30-31H2/t18-/m0/s1. The Balaban J connectivity index is 1.55. The van der Waals surface area contributed by atoms with Gasteiger partial charge in [-0.15, -0.1) is 0 Å². The number of hydrogen-bond donors (Lipinski definition) is 2. The minimum atomic E-state index is -0.550. The van der Waals surface area contributed by atoms with E-state index in [0.717, 1.165) is 56.7 Å². The third kappa shape index (κ3) is 3.93. The van der Waals surface area contributed by atoms with Gasteiger partial charge in [0.25, 0.3) is 0 Å². The second kappa shape index (κ2) is 9.05. The van der Waals surface area contributed by atoms with Crippen LogP contribution in [0.25, 0.3) is 28.2 Å². The van der Waals surface area contributed by atoms with Gasteiger partial charge in [0.1, 0.15) is 23.0 Å². The van der Waals surface area contributed by atoms with Crippen molar-refractivity contribution >= 4 is 28.2 Å². The first-order valence-corrected chi connectivity index (χ1v) is 12.5. The van der Waals surface area contributed by atoms with Gasteiger partial charge in [0.2, 0.25) is 0 Å². The normalized spacial score (nSPS) is 18.4. The van der Waals surface area contributed by atoms with Crippen LogP contribution in [0.4, 0.5) is 25.8 Å². The fourth-order valence-electron chi connectivity index (χ4n) is 5.38. The maximum absolute atomic E-state index is 15.7. The number of pyridine rings is 1. The van der Waals surface area contributed by atoms with Crippen molar-refractivity contribution in [1.82, 2.24) is 14.5 Å². The van der Waals surface area contributed by atoms with Crippen molar-refractivity contribution in [1.29, 1.82) is 0 Å². The van der Waals surface area contributed by atoms with E-state index in [1.807, 2.05) is 12.1 Å². The van der Waals surface area contributed by atoms with Crippen molar-refractivity contribution in [2.24, 2.45) is 5.73 Å². The predicted molar refractivity (Wildman–Crippen MR) is 139 cm³/mol. The predicted octanol–water partition coefficient (Wildman–Crippen LogP) is 4.48. The lowest BCUT2D eigenvalue weighted by atomic mass is 10.1. The number of hydrogen-bond acceptors (Lipinski definition) is 6. The van der Waals surface area contributed by atoms with Gasteiger partial charge in [0.15, 0.2) is 5.65 Å². The molecule has 6 rings (SSSR count). The van der Waals surface area contributed by atoms with E-state index in [-0.39, 0.29) is 17.5 Å². The molecule has 0 radical (unpaired) electrons. The topological polar surface area (TPSA) is 89.2 Å². The van der Waals surface area contributed by atoms with Gasteiger partial charge in [0.05, 0.1) is 17.1 Å². The van der Waals surface area contributed by atoms with Crippen molar-refractivity contribution in [3.63, 3.8) is 0 Å². The maximum Gasteiger partial charge on any atom is 0.167 e. The molecule has 186 valence electrons. The summed E-state index contributed by atoms with van der Waals surface area (Å²) in [5.41, 5.74) is 15.7. The summed E-state index contributed by atoms with van der Waals surface area (Å²) >= 11 is 0. The molecule has 0 unspecified atom stereocenters. The van der Waals surface area contributed by atoms with Gasteiger partial charge >= 0.3 is 0 Å². The number of nitrogens with two attached hydrogens (primary N) is 2. The Labute approximate surface area is 208 Å². The van der Waals surface area contributed by atoms with Gasteiger partial charge in [-0.1, -0.05) is 0 Å². The van der Waals surface area contributed by atoms with E-state index >= 15 is 4.39 Å². The Bertz CT molecular complexity index is 1430. The molecule has 9 heteroatoms. The zero-order chi connectivity index (χ0) is 24.8. The van der Waals surface area contributed by atoms with Crippen molar-refractivity contribution in [2.45, 2.75) is 31.7 Å². The number of imidazole rings is 1. The van der Waals surface area contributed by atoms with E-state index in [1.165, 1.54) is 12.1 Å². The largest absolute Gasteiger partial charge is 0.396 e. The Morgan fingerprint density at radius 2 is 1.67 bits per heavy atom. The minimum Gasteiger partial charge on any atom is -0.396 e. The van der Waals surface area contributed by atoms with Gasteiger partial charge in [-0.2, -0.15) is 0 Å². The fourth-order valence-corrected chi connectivity index (χ4v) is 5.38.